The highest BCUT2D eigenvalue weighted by Gasteiger charge is 2.22. The molecule has 33 heavy (non-hydrogen) atoms. The van der Waals surface area contributed by atoms with Crippen molar-refractivity contribution in [3.05, 3.63) is 78.9 Å². The summed E-state index contributed by atoms with van der Waals surface area (Å²) in [6.45, 7) is 3.25. The molecule has 0 aliphatic carbocycles. The number of carbonyl (C=O) groups is 1. The third-order valence-corrected chi connectivity index (χ3v) is 5.67. The van der Waals surface area contributed by atoms with E-state index in [0.29, 0.717) is 11.5 Å². The van der Waals surface area contributed by atoms with Crippen molar-refractivity contribution in [2.24, 2.45) is 0 Å². The number of amides is 1. The molecule has 1 aliphatic rings. The lowest BCUT2D eigenvalue weighted by molar-refractivity contribution is -0.117. The fourth-order valence-electron chi connectivity index (χ4n) is 3.98. The largest absolute Gasteiger partial charge is 0.353 e. The van der Waals surface area contributed by atoms with E-state index in [2.05, 4.69) is 20.1 Å². The molecular weight excluding hydrogens is 419 g/mol. The van der Waals surface area contributed by atoms with Crippen LogP contribution in [0.4, 0.5) is 15.9 Å². The van der Waals surface area contributed by atoms with Gasteiger partial charge in [-0.25, -0.2) is 14.4 Å². The average Bonchev–Trinajstić information content (AvgIpc) is 2.86. The number of piperazine rings is 1. The molecular formula is C25H23FN6O. The van der Waals surface area contributed by atoms with Gasteiger partial charge >= 0.3 is 0 Å². The Hall–Kier alpha value is -3.91. The van der Waals surface area contributed by atoms with Gasteiger partial charge in [-0.15, -0.1) is 0 Å². The molecule has 8 heteroatoms. The van der Waals surface area contributed by atoms with Gasteiger partial charge in [-0.1, -0.05) is 12.1 Å². The molecule has 3 heterocycles. The second-order valence-corrected chi connectivity index (χ2v) is 7.95. The summed E-state index contributed by atoms with van der Waals surface area (Å²) < 4.78 is 13.1. The van der Waals surface area contributed by atoms with Crippen LogP contribution in [0.5, 0.6) is 0 Å². The molecule has 0 saturated carbocycles. The summed E-state index contributed by atoms with van der Waals surface area (Å²) in [5.74, 6) is 1.11. The summed E-state index contributed by atoms with van der Waals surface area (Å²) >= 11 is 0. The molecule has 2 aromatic carbocycles. The van der Waals surface area contributed by atoms with Gasteiger partial charge in [0.15, 0.2) is 5.82 Å². The molecule has 0 atom stereocenters. The van der Waals surface area contributed by atoms with Gasteiger partial charge < -0.3 is 10.2 Å². The molecule has 1 aliphatic heterocycles. The third kappa shape index (κ3) is 4.80. The van der Waals surface area contributed by atoms with Crippen molar-refractivity contribution in [2.75, 3.05) is 42.9 Å². The SMILES string of the molecule is O=C(CN1CCN(c2nc(-c3cccnc3)nc3ccccc23)CC1)Nc1ccc(F)cc1. The number of halogens is 1. The molecule has 0 unspecified atom stereocenters. The topological polar surface area (TPSA) is 74.2 Å². The highest BCUT2D eigenvalue weighted by Crippen LogP contribution is 2.28. The number of para-hydroxylation sites is 1. The van der Waals surface area contributed by atoms with E-state index in [9.17, 15) is 9.18 Å². The van der Waals surface area contributed by atoms with E-state index >= 15 is 0 Å². The number of anilines is 2. The zero-order valence-corrected chi connectivity index (χ0v) is 18.0. The Morgan fingerprint density at radius 3 is 2.48 bits per heavy atom. The fraction of sp³-hybridized carbons (Fsp3) is 0.200. The molecule has 1 saturated heterocycles. The number of hydrogen-bond donors (Lipinski definition) is 1. The normalized spacial score (nSPS) is 14.4. The maximum absolute atomic E-state index is 13.1. The molecule has 5 rings (SSSR count). The molecule has 0 radical (unpaired) electrons. The van der Waals surface area contributed by atoms with Crippen molar-refractivity contribution in [1.29, 1.82) is 0 Å². The van der Waals surface area contributed by atoms with Crippen LogP contribution in [-0.2, 0) is 4.79 Å². The summed E-state index contributed by atoms with van der Waals surface area (Å²) in [6.07, 6.45) is 3.50. The number of carbonyl (C=O) groups excluding carboxylic acids is 1. The van der Waals surface area contributed by atoms with Gasteiger partial charge in [0.25, 0.3) is 0 Å². The lowest BCUT2D eigenvalue weighted by atomic mass is 10.2. The molecule has 166 valence electrons. The minimum atomic E-state index is -0.326. The lowest BCUT2D eigenvalue weighted by Gasteiger charge is -2.35. The number of nitrogens with one attached hydrogen (secondary N) is 1. The Morgan fingerprint density at radius 1 is 0.939 bits per heavy atom. The van der Waals surface area contributed by atoms with Crippen LogP contribution in [-0.4, -0.2) is 58.5 Å². The van der Waals surface area contributed by atoms with Crippen LogP contribution in [0.1, 0.15) is 0 Å². The van der Waals surface area contributed by atoms with E-state index in [0.717, 1.165) is 48.5 Å². The number of pyridine rings is 1. The minimum Gasteiger partial charge on any atom is -0.353 e. The molecule has 2 aromatic heterocycles. The second kappa shape index (κ2) is 9.30. The maximum atomic E-state index is 13.1. The predicted molar refractivity (Wildman–Crippen MR) is 126 cm³/mol. The van der Waals surface area contributed by atoms with Crippen molar-refractivity contribution in [3.8, 4) is 11.4 Å². The molecule has 4 aromatic rings. The molecule has 7 nitrogen and oxygen atoms in total. The summed E-state index contributed by atoms with van der Waals surface area (Å²) in [4.78, 5) is 30.6. The summed E-state index contributed by atoms with van der Waals surface area (Å²) in [7, 11) is 0. The molecule has 0 bridgehead atoms. The number of rotatable bonds is 5. The van der Waals surface area contributed by atoms with Gasteiger partial charge in [-0.2, -0.15) is 0 Å². The smallest absolute Gasteiger partial charge is 0.238 e. The number of hydrogen-bond acceptors (Lipinski definition) is 6. The fourth-order valence-corrected chi connectivity index (χ4v) is 3.98. The molecule has 1 amide bonds. The highest BCUT2D eigenvalue weighted by atomic mass is 19.1. The lowest BCUT2D eigenvalue weighted by Crippen LogP contribution is -2.49. The van der Waals surface area contributed by atoms with Gasteiger partial charge in [0, 0.05) is 55.2 Å². The number of aromatic nitrogens is 3. The molecule has 1 N–H and O–H groups in total. The standard InChI is InChI=1S/C25H23FN6O/c26-19-7-9-20(10-8-19)28-23(33)17-31-12-14-32(15-13-31)25-21-5-1-2-6-22(21)29-24(30-25)18-4-3-11-27-16-18/h1-11,16H,12-15,17H2,(H,28,33). The van der Waals surface area contributed by atoms with Crippen LogP contribution in [0.2, 0.25) is 0 Å². The van der Waals surface area contributed by atoms with E-state index in [4.69, 9.17) is 9.97 Å². The van der Waals surface area contributed by atoms with Crippen molar-refractivity contribution in [1.82, 2.24) is 19.9 Å². The first-order chi connectivity index (χ1) is 16.2. The van der Waals surface area contributed by atoms with Crippen LogP contribution in [0.15, 0.2) is 73.1 Å². The first-order valence-electron chi connectivity index (χ1n) is 10.9. The van der Waals surface area contributed by atoms with Crippen LogP contribution in [0, 0.1) is 5.82 Å². The van der Waals surface area contributed by atoms with E-state index in [1.54, 1.807) is 24.5 Å². The third-order valence-electron chi connectivity index (χ3n) is 5.67. The average molecular weight is 442 g/mol. The van der Waals surface area contributed by atoms with E-state index in [1.807, 2.05) is 36.4 Å². The van der Waals surface area contributed by atoms with E-state index < -0.39 is 0 Å². The first kappa shape index (κ1) is 21.0. The van der Waals surface area contributed by atoms with Crippen LogP contribution in [0.3, 0.4) is 0 Å². The molecule has 0 spiro atoms. The van der Waals surface area contributed by atoms with Crippen LogP contribution in [0.25, 0.3) is 22.3 Å². The Kier molecular flexibility index (Phi) is 5.91. The van der Waals surface area contributed by atoms with Crippen molar-refractivity contribution in [2.45, 2.75) is 0 Å². The first-order valence-corrected chi connectivity index (χ1v) is 10.9. The van der Waals surface area contributed by atoms with E-state index in [1.165, 1.54) is 12.1 Å². The van der Waals surface area contributed by atoms with Crippen molar-refractivity contribution >= 4 is 28.3 Å². The quantitative estimate of drug-likeness (QED) is 0.509. The maximum Gasteiger partial charge on any atom is 0.238 e. The minimum absolute atomic E-state index is 0.110. The Labute approximate surface area is 190 Å². The number of benzene rings is 2. The van der Waals surface area contributed by atoms with Gasteiger partial charge in [0.1, 0.15) is 11.6 Å². The Bertz CT molecular complexity index is 1260. The van der Waals surface area contributed by atoms with Crippen molar-refractivity contribution < 1.29 is 9.18 Å². The second-order valence-electron chi connectivity index (χ2n) is 7.95. The Balaban J connectivity index is 1.29. The molecule has 1 fully saturated rings. The summed E-state index contributed by atoms with van der Waals surface area (Å²) in [5.41, 5.74) is 2.36. The van der Waals surface area contributed by atoms with Gasteiger partial charge in [-0.05, 0) is 48.5 Å². The number of nitrogens with zero attached hydrogens (tertiary/aromatic N) is 5. The number of fused-ring (bicyclic) bond motifs is 1. The van der Waals surface area contributed by atoms with Gasteiger partial charge in [0.2, 0.25) is 5.91 Å². The van der Waals surface area contributed by atoms with Crippen molar-refractivity contribution in [3.63, 3.8) is 0 Å². The Morgan fingerprint density at radius 2 is 1.73 bits per heavy atom. The van der Waals surface area contributed by atoms with Gasteiger partial charge in [-0.3, -0.25) is 14.7 Å². The zero-order chi connectivity index (χ0) is 22.6. The monoisotopic (exact) mass is 442 g/mol. The van der Waals surface area contributed by atoms with E-state index in [-0.39, 0.29) is 18.3 Å². The van der Waals surface area contributed by atoms with Gasteiger partial charge in [0.05, 0.1) is 12.1 Å². The van der Waals surface area contributed by atoms with Crippen LogP contribution >= 0.6 is 0 Å². The summed E-state index contributed by atoms with van der Waals surface area (Å²) in [6, 6.07) is 17.6. The highest BCUT2D eigenvalue weighted by molar-refractivity contribution is 5.92. The zero-order valence-electron chi connectivity index (χ0n) is 18.0. The summed E-state index contributed by atoms with van der Waals surface area (Å²) in [5, 5.41) is 3.83. The predicted octanol–water partition coefficient (Wildman–Crippen LogP) is 3.59. The van der Waals surface area contributed by atoms with Crippen LogP contribution < -0.4 is 10.2 Å².